The normalized spacial score (nSPS) is 16.2. The van der Waals surface area contributed by atoms with Gasteiger partial charge in [0.05, 0.1) is 29.6 Å². The molecule has 150 valence electrons. The van der Waals surface area contributed by atoms with Crippen molar-refractivity contribution in [2.24, 2.45) is 0 Å². The van der Waals surface area contributed by atoms with Crippen molar-refractivity contribution in [1.29, 1.82) is 0 Å². The summed E-state index contributed by atoms with van der Waals surface area (Å²) in [7, 11) is 0. The lowest BCUT2D eigenvalue weighted by atomic mass is 10.0. The van der Waals surface area contributed by atoms with Crippen LogP contribution in [0.15, 0.2) is 53.1 Å². The maximum atomic E-state index is 5.47. The number of nitrogens with one attached hydrogen (secondary N) is 2. The van der Waals surface area contributed by atoms with Crippen LogP contribution < -0.4 is 10.2 Å². The van der Waals surface area contributed by atoms with E-state index in [2.05, 4.69) is 51.2 Å². The number of aromatic nitrogens is 5. The molecule has 4 aromatic heterocycles. The summed E-state index contributed by atoms with van der Waals surface area (Å²) in [6, 6.07) is 14.6. The van der Waals surface area contributed by atoms with Gasteiger partial charge in [-0.05, 0) is 28.1 Å². The highest BCUT2D eigenvalue weighted by atomic mass is 32.1. The number of tetrazole rings is 1. The van der Waals surface area contributed by atoms with E-state index >= 15 is 0 Å². The summed E-state index contributed by atoms with van der Waals surface area (Å²) in [6.07, 6.45) is 2.70. The van der Waals surface area contributed by atoms with E-state index in [9.17, 15) is 0 Å². The molecule has 0 saturated carbocycles. The average molecular weight is 419 g/mol. The molecule has 0 radical (unpaired) electrons. The first-order valence-corrected chi connectivity index (χ1v) is 10.8. The van der Waals surface area contributed by atoms with Crippen molar-refractivity contribution in [3.8, 4) is 0 Å². The third-order valence-electron chi connectivity index (χ3n) is 5.61. The Hall–Kier alpha value is -3.30. The molecule has 0 amide bonds. The molecular weight excluding hydrogens is 398 g/mol. The van der Waals surface area contributed by atoms with Gasteiger partial charge in [0, 0.05) is 12.0 Å². The van der Waals surface area contributed by atoms with Crippen LogP contribution in [0.2, 0.25) is 0 Å². The molecule has 8 nitrogen and oxygen atoms in total. The molecule has 2 N–H and O–H groups in total. The van der Waals surface area contributed by atoms with Gasteiger partial charge in [-0.2, -0.15) is 9.50 Å². The van der Waals surface area contributed by atoms with Crippen molar-refractivity contribution in [3.63, 3.8) is 0 Å². The van der Waals surface area contributed by atoms with Crippen molar-refractivity contribution < 1.29 is 9.32 Å². The van der Waals surface area contributed by atoms with E-state index in [1.54, 1.807) is 27.0 Å². The molecule has 6 rings (SSSR count). The standard InChI is InChI=1S/C21H19N7OS/c1-2-5-14(6-3-1)12-27-9-8-16-17(13-27)30-20-18(16)19(22-11-15-7-4-10-29-15)23-21-24-25-26-28(20)21/h1-7,10H,8-9,11-13H2,(H,22,23,24,26)/p+1. The first-order chi connectivity index (χ1) is 14.8. The quantitative estimate of drug-likeness (QED) is 0.455. The minimum Gasteiger partial charge on any atom is -0.467 e. The third-order valence-corrected chi connectivity index (χ3v) is 6.82. The molecule has 1 aliphatic rings. The smallest absolute Gasteiger partial charge is 0.276 e. The summed E-state index contributed by atoms with van der Waals surface area (Å²) in [5.41, 5.74) is 2.75. The summed E-state index contributed by atoms with van der Waals surface area (Å²) in [4.78, 5) is 8.73. The van der Waals surface area contributed by atoms with Crippen LogP contribution in [0.5, 0.6) is 0 Å². The number of thiophene rings is 1. The lowest BCUT2D eigenvalue weighted by Gasteiger charge is -2.24. The Morgan fingerprint density at radius 1 is 1.17 bits per heavy atom. The van der Waals surface area contributed by atoms with Crippen LogP contribution in [0.1, 0.15) is 21.8 Å². The number of nitrogens with zero attached hydrogens (tertiary/aromatic N) is 5. The molecule has 5 aromatic rings. The van der Waals surface area contributed by atoms with Crippen molar-refractivity contribution >= 4 is 33.1 Å². The van der Waals surface area contributed by atoms with Gasteiger partial charge >= 0.3 is 0 Å². The van der Waals surface area contributed by atoms with E-state index in [-0.39, 0.29) is 0 Å². The zero-order valence-corrected chi connectivity index (χ0v) is 17.0. The van der Waals surface area contributed by atoms with E-state index in [4.69, 9.17) is 9.40 Å². The number of rotatable bonds is 5. The van der Waals surface area contributed by atoms with Crippen LogP contribution in [-0.4, -0.2) is 31.6 Å². The van der Waals surface area contributed by atoms with Crippen molar-refractivity contribution in [2.75, 3.05) is 11.9 Å². The molecule has 1 aromatic carbocycles. The highest BCUT2D eigenvalue weighted by Crippen LogP contribution is 2.36. The van der Waals surface area contributed by atoms with Crippen molar-refractivity contribution in [2.45, 2.75) is 26.1 Å². The fraction of sp³-hybridized carbons (Fsp3) is 0.238. The first-order valence-electron chi connectivity index (χ1n) is 10.0. The molecular formula is C21H20N7OS+. The summed E-state index contributed by atoms with van der Waals surface area (Å²) in [5.74, 6) is 2.20. The van der Waals surface area contributed by atoms with Gasteiger partial charge in [0.2, 0.25) is 0 Å². The zero-order chi connectivity index (χ0) is 19.9. The minimum absolute atomic E-state index is 0.511. The van der Waals surface area contributed by atoms with Crippen molar-refractivity contribution in [3.05, 3.63) is 70.5 Å². The van der Waals surface area contributed by atoms with Crippen LogP contribution in [0, 0.1) is 0 Å². The SMILES string of the molecule is c1ccc(C[NH+]2CCc3c(sc4c3c(NCc3ccco3)nc3nnnn34)C2)cc1. The number of quaternary nitrogens is 1. The van der Waals surface area contributed by atoms with Crippen molar-refractivity contribution in [1.82, 2.24) is 25.0 Å². The van der Waals surface area contributed by atoms with E-state index in [1.807, 2.05) is 12.1 Å². The molecule has 0 saturated heterocycles. The second-order valence-corrected chi connectivity index (χ2v) is 8.64. The Morgan fingerprint density at radius 2 is 2.10 bits per heavy atom. The number of benzene rings is 1. The number of hydrogen-bond acceptors (Lipinski definition) is 7. The first kappa shape index (κ1) is 17.5. The van der Waals surface area contributed by atoms with Crippen LogP contribution in [0.4, 0.5) is 5.82 Å². The number of furan rings is 1. The minimum atomic E-state index is 0.511. The van der Waals surface area contributed by atoms with Gasteiger partial charge in [0.25, 0.3) is 5.78 Å². The molecule has 1 unspecified atom stereocenters. The number of anilines is 1. The predicted octanol–water partition coefficient (Wildman–Crippen LogP) is 2.08. The second kappa shape index (κ2) is 7.19. The lowest BCUT2D eigenvalue weighted by molar-refractivity contribution is -0.929. The maximum Gasteiger partial charge on any atom is 0.276 e. The van der Waals surface area contributed by atoms with E-state index < -0.39 is 0 Å². The van der Waals surface area contributed by atoms with Crippen LogP contribution in [0.3, 0.4) is 0 Å². The highest BCUT2D eigenvalue weighted by Gasteiger charge is 2.27. The summed E-state index contributed by atoms with van der Waals surface area (Å²) in [5, 5.41) is 16.7. The molecule has 0 aliphatic carbocycles. The van der Waals surface area contributed by atoms with Gasteiger partial charge in [0.15, 0.2) is 0 Å². The van der Waals surface area contributed by atoms with Gasteiger partial charge in [-0.15, -0.1) is 11.3 Å². The number of fused-ring (bicyclic) bond motifs is 5. The zero-order valence-electron chi connectivity index (χ0n) is 16.2. The molecule has 5 heterocycles. The van der Waals surface area contributed by atoms with Gasteiger partial charge in [-0.1, -0.05) is 35.4 Å². The van der Waals surface area contributed by atoms with Crippen LogP contribution >= 0.6 is 11.3 Å². The average Bonchev–Trinajstić information content (AvgIpc) is 3.51. The Kier molecular flexibility index (Phi) is 4.21. The Labute approximate surface area is 176 Å². The molecule has 30 heavy (non-hydrogen) atoms. The Balaban J connectivity index is 1.38. The molecule has 1 aliphatic heterocycles. The fourth-order valence-electron chi connectivity index (χ4n) is 4.20. The summed E-state index contributed by atoms with van der Waals surface area (Å²) in [6.45, 7) is 3.71. The Bertz CT molecular complexity index is 1310. The second-order valence-electron chi connectivity index (χ2n) is 7.56. The maximum absolute atomic E-state index is 5.47. The molecule has 0 bridgehead atoms. The van der Waals surface area contributed by atoms with E-state index in [0.29, 0.717) is 12.3 Å². The predicted molar refractivity (Wildman–Crippen MR) is 113 cm³/mol. The van der Waals surface area contributed by atoms with Gasteiger partial charge < -0.3 is 14.6 Å². The summed E-state index contributed by atoms with van der Waals surface area (Å²) < 4.78 is 7.23. The number of hydrogen-bond donors (Lipinski definition) is 2. The lowest BCUT2D eigenvalue weighted by Crippen LogP contribution is -3.10. The topological polar surface area (TPSA) is 85.6 Å². The Morgan fingerprint density at radius 3 is 2.97 bits per heavy atom. The molecule has 0 spiro atoms. The van der Waals surface area contributed by atoms with Crippen LogP contribution in [0.25, 0.3) is 16.0 Å². The van der Waals surface area contributed by atoms with Crippen LogP contribution in [-0.2, 0) is 26.1 Å². The monoisotopic (exact) mass is 418 g/mol. The molecule has 9 heteroatoms. The van der Waals surface area contributed by atoms with Gasteiger partial charge in [-0.25, -0.2) is 0 Å². The van der Waals surface area contributed by atoms with E-state index in [0.717, 1.165) is 47.8 Å². The third kappa shape index (κ3) is 3.03. The fourth-order valence-corrected chi connectivity index (χ4v) is 5.57. The van der Waals surface area contributed by atoms with Gasteiger partial charge in [-0.3, -0.25) is 0 Å². The molecule has 1 atom stereocenters. The van der Waals surface area contributed by atoms with Gasteiger partial charge in [0.1, 0.15) is 29.5 Å². The summed E-state index contributed by atoms with van der Waals surface area (Å²) >= 11 is 1.78. The largest absolute Gasteiger partial charge is 0.467 e. The highest BCUT2D eigenvalue weighted by molar-refractivity contribution is 7.19. The molecule has 0 fully saturated rings. The van der Waals surface area contributed by atoms with E-state index in [1.165, 1.54) is 16.0 Å².